The third-order valence-corrected chi connectivity index (χ3v) is 3.91. The summed E-state index contributed by atoms with van der Waals surface area (Å²) in [4.78, 5) is 0. The van der Waals surface area contributed by atoms with Crippen LogP contribution >= 0.6 is 0 Å². The van der Waals surface area contributed by atoms with Crippen molar-refractivity contribution in [3.8, 4) is 0 Å². The Labute approximate surface area is 128 Å². The molecule has 0 aromatic heterocycles. The van der Waals surface area contributed by atoms with E-state index in [9.17, 15) is 0 Å². The topological polar surface area (TPSA) is 9.23 Å². The van der Waals surface area contributed by atoms with E-state index in [4.69, 9.17) is 4.74 Å². The van der Waals surface area contributed by atoms with E-state index in [1.165, 1.54) is 89.9 Å². The van der Waals surface area contributed by atoms with Crippen LogP contribution in [0.3, 0.4) is 0 Å². The first kappa shape index (κ1) is 20.0. The number of hydrogen-bond acceptors (Lipinski definition) is 1. The van der Waals surface area contributed by atoms with Crippen LogP contribution in [0.4, 0.5) is 0 Å². The zero-order chi connectivity index (χ0) is 14.7. The Morgan fingerprint density at radius 1 is 0.550 bits per heavy atom. The number of rotatable bonds is 17. The molecule has 0 bridgehead atoms. The Morgan fingerprint density at radius 2 is 1.00 bits per heavy atom. The molecule has 1 radical (unpaired) electrons. The van der Waals surface area contributed by atoms with Crippen molar-refractivity contribution in [1.82, 2.24) is 0 Å². The van der Waals surface area contributed by atoms with Crippen molar-refractivity contribution >= 4 is 0 Å². The van der Waals surface area contributed by atoms with Gasteiger partial charge in [-0.1, -0.05) is 97.3 Å². The smallest absolute Gasteiger partial charge is 0.0836 e. The molecule has 0 aromatic carbocycles. The standard InChI is InChI=1S/C19H39O/c1-3-5-7-9-10-11-12-13-15-17-19-20-18-16-14-8-6-4-2/h18H,3-17,19H2,1-2H3. The second kappa shape index (κ2) is 19.0. The Hall–Kier alpha value is -0.0400. The Kier molecular flexibility index (Phi) is 18.9. The van der Waals surface area contributed by atoms with Crippen molar-refractivity contribution in [3.63, 3.8) is 0 Å². The second-order valence-corrected chi connectivity index (χ2v) is 6.07. The normalized spacial score (nSPS) is 11.1. The highest BCUT2D eigenvalue weighted by molar-refractivity contribution is 4.53. The van der Waals surface area contributed by atoms with Crippen LogP contribution in [0.1, 0.15) is 110 Å². The van der Waals surface area contributed by atoms with E-state index in [-0.39, 0.29) is 0 Å². The van der Waals surface area contributed by atoms with Gasteiger partial charge in [-0.3, -0.25) is 0 Å². The van der Waals surface area contributed by atoms with Gasteiger partial charge in [0.25, 0.3) is 0 Å². The lowest BCUT2D eigenvalue weighted by molar-refractivity contribution is 0.183. The number of ether oxygens (including phenoxy) is 1. The van der Waals surface area contributed by atoms with Gasteiger partial charge in [0.2, 0.25) is 0 Å². The summed E-state index contributed by atoms with van der Waals surface area (Å²) in [6.07, 6.45) is 20.4. The van der Waals surface area contributed by atoms with E-state index in [0.717, 1.165) is 13.0 Å². The molecule has 0 heterocycles. The second-order valence-electron chi connectivity index (χ2n) is 6.07. The fraction of sp³-hybridized carbons (Fsp3) is 0.947. The lowest BCUT2D eigenvalue weighted by Crippen LogP contribution is -1.92. The minimum absolute atomic E-state index is 0.935. The number of unbranched alkanes of at least 4 members (excludes halogenated alkanes) is 13. The van der Waals surface area contributed by atoms with E-state index in [1.807, 2.05) is 6.61 Å². The molecule has 0 saturated heterocycles. The summed E-state index contributed by atoms with van der Waals surface area (Å²) < 4.78 is 5.56. The van der Waals surface area contributed by atoms with Crippen molar-refractivity contribution in [3.05, 3.63) is 6.61 Å². The Balaban J connectivity index is 2.89. The van der Waals surface area contributed by atoms with Crippen molar-refractivity contribution in [2.24, 2.45) is 0 Å². The summed E-state index contributed by atoms with van der Waals surface area (Å²) in [6, 6.07) is 0. The Bertz CT molecular complexity index is 138. The first-order valence-corrected chi connectivity index (χ1v) is 9.35. The van der Waals surface area contributed by atoms with Gasteiger partial charge < -0.3 is 4.74 Å². The molecular weight excluding hydrogens is 244 g/mol. The molecule has 0 fully saturated rings. The first-order valence-electron chi connectivity index (χ1n) is 9.35. The molecule has 0 rings (SSSR count). The molecule has 0 unspecified atom stereocenters. The van der Waals surface area contributed by atoms with Crippen LogP contribution in [0, 0.1) is 6.61 Å². The predicted molar refractivity (Wildman–Crippen MR) is 90.9 cm³/mol. The molecule has 0 aromatic rings. The van der Waals surface area contributed by atoms with Gasteiger partial charge in [-0.25, -0.2) is 0 Å². The maximum Gasteiger partial charge on any atom is 0.0836 e. The van der Waals surface area contributed by atoms with E-state index >= 15 is 0 Å². The van der Waals surface area contributed by atoms with Gasteiger partial charge in [-0.2, -0.15) is 0 Å². The van der Waals surface area contributed by atoms with Crippen molar-refractivity contribution in [1.29, 1.82) is 0 Å². The molecule has 0 aliphatic carbocycles. The Morgan fingerprint density at radius 3 is 1.55 bits per heavy atom. The van der Waals surface area contributed by atoms with E-state index < -0.39 is 0 Å². The summed E-state index contributed by atoms with van der Waals surface area (Å²) in [5.74, 6) is 0. The highest BCUT2D eigenvalue weighted by atomic mass is 16.5. The van der Waals surface area contributed by atoms with Gasteiger partial charge in [0.15, 0.2) is 0 Å². The maximum absolute atomic E-state index is 5.56. The minimum atomic E-state index is 0.935. The molecule has 0 saturated carbocycles. The van der Waals surface area contributed by atoms with E-state index in [1.54, 1.807) is 0 Å². The zero-order valence-electron chi connectivity index (χ0n) is 14.3. The van der Waals surface area contributed by atoms with Crippen LogP contribution in [0.25, 0.3) is 0 Å². The van der Waals surface area contributed by atoms with Crippen LogP contribution in [0.15, 0.2) is 0 Å². The quantitative estimate of drug-likeness (QED) is 0.260. The molecule has 0 aliphatic heterocycles. The first-order chi connectivity index (χ1) is 9.91. The van der Waals surface area contributed by atoms with E-state index in [2.05, 4.69) is 13.8 Å². The van der Waals surface area contributed by atoms with Gasteiger partial charge in [0.1, 0.15) is 0 Å². The molecule has 0 atom stereocenters. The van der Waals surface area contributed by atoms with Gasteiger partial charge in [-0.15, -0.1) is 0 Å². The molecular formula is C19H39O. The van der Waals surface area contributed by atoms with Crippen LogP contribution in [-0.4, -0.2) is 6.61 Å². The van der Waals surface area contributed by atoms with Crippen LogP contribution in [0.5, 0.6) is 0 Å². The summed E-state index contributed by atoms with van der Waals surface area (Å²) in [7, 11) is 0. The molecule has 121 valence electrons. The molecule has 20 heavy (non-hydrogen) atoms. The molecule has 0 amide bonds. The van der Waals surface area contributed by atoms with Gasteiger partial charge in [0.05, 0.1) is 6.61 Å². The summed E-state index contributed by atoms with van der Waals surface area (Å²) >= 11 is 0. The molecule has 0 spiro atoms. The third kappa shape index (κ3) is 18.0. The maximum atomic E-state index is 5.56. The average molecular weight is 284 g/mol. The zero-order valence-corrected chi connectivity index (χ0v) is 14.3. The predicted octanol–water partition coefficient (Wildman–Crippen LogP) is 7.06. The molecule has 0 N–H and O–H groups in total. The van der Waals surface area contributed by atoms with Gasteiger partial charge >= 0.3 is 0 Å². The summed E-state index contributed by atoms with van der Waals surface area (Å²) in [6.45, 7) is 7.50. The highest BCUT2D eigenvalue weighted by Crippen LogP contribution is 2.11. The van der Waals surface area contributed by atoms with Crippen molar-refractivity contribution < 1.29 is 4.74 Å². The highest BCUT2D eigenvalue weighted by Gasteiger charge is 1.94. The number of hydrogen-bond donors (Lipinski definition) is 0. The fourth-order valence-corrected chi connectivity index (χ4v) is 2.49. The monoisotopic (exact) mass is 283 g/mol. The lowest BCUT2D eigenvalue weighted by Gasteiger charge is -2.04. The fourth-order valence-electron chi connectivity index (χ4n) is 2.49. The van der Waals surface area contributed by atoms with Crippen LogP contribution in [0.2, 0.25) is 0 Å². The van der Waals surface area contributed by atoms with Crippen molar-refractivity contribution in [2.45, 2.75) is 110 Å². The molecule has 0 aliphatic rings. The van der Waals surface area contributed by atoms with Crippen molar-refractivity contribution in [2.75, 3.05) is 6.61 Å². The largest absolute Gasteiger partial charge is 0.376 e. The average Bonchev–Trinajstić information content (AvgIpc) is 2.47. The van der Waals surface area contributed by atoms with Crippen LogP contribution < -0.4 is 0 Å². The third-order valence-electron chi connectivity index (χ3n) is 3.91. The van der Waals surface area contributed by atoms with Gasteiger partial charge in [-0.05, 0) is 12.8 Å². The summed E-state index contributed by atoms with van der Waals surface area (Å²) in [5.41, 5.74) is 0. The lowest BCUT2D eigenvalue weighted by atomic mass is 10.1. The summed E-state index contributed by atoms with van der Waals surface area (Å²) in [5, 5.41) is 0. The molecule has 1 nitrogen and oxygen atoms in total. The van der Waals surface area contributed by atoms with Crippen LogP contribution in [-0.2, 0) is 4.74 Å². The molecule has 1 heteroatoms. The van der Waals surface area contributed by atoms with E-state index in [0.29, 0.717) is 0 Å². The minimum Gasteiger partial charge on any atom is -0.376 e. The van der Waals surface area contributed by atoms with Gasteiger partial charge in [0, 0.05) is 6.61 Å². The SMILES string of the molecule is CCCCCC[CH]OCCCCCCCCCCCC.